The summed E-state index contributed by atoms with van der Waals surface area (Å²) >= 11 is 1.42. The van der Waals surface area contributed by atoms with E-state index in [1.165, 1.54) is 17.3 Å². The second kappa shape index (κ2) is 9.06. The number of rotatable bonds is 7. The highest BCUT2D eigenvalue weighted by Gasteiger charge is 2.15. The Bertz CT molecular complexity index is 980. The van der Waals surface area contributed by atoms with Crippen molar-refractivity contribution in [1.82, 2.24) is 14.8 Å². The summed E-state index contributed by atoms with van der Waals surface area (Å²) in [6.07, 6.45) is 0.883. The monoisotopic (exact) mass is 394 g/mol. The third kappa shape index (κ3) is 4.44. The van der Waals surface area contributed by atoms with E-state index in [1.54, 1.807) is 0 Å². The number of aryl methyl sites for hydroxylation is 3. The van der Waals surface area contributed by atoms with Gasteiger partial charge in [0.25, 0.3) is 0 Å². The zero-order chi connectivity index (χ0) is 20.1. The number of carbonyl (C=O) groups excluding carboxylic acids is 1. The lowest BCUT2D eigenvalue weighted by atomic mass is 10.1. The predicted octanol–water partition coefficient (Wildman–Crippen LogP) is 4.88. The predicted molar refractivity (Wildman–Crippen MR) is 116 cm³/mol. The first-order valence-corrected chi connectivity index (χ1v) is 10.5. The van der Waals surface area contributed by atoms with Gasteiger partial charge in [-0.25, -0.2) is 0 Å². The molecule has 146 valence electrons. The topological polar surface area (TPSA) is 59.8 Å². The fourth-order valence-corrected chi connectivity index (χ4v) is 3.99. The summed E-state index contributed by atoms with van der Waals surface area (Å²) in [4.78, 5) is 12.5. The second-order valence-corrected chi connectivity index (χ2v) is 7.66. The van der Waals surface area contributed by atoms with Crippen molar-refractivity contribution in [2.75, 3.05) is 11.1 Å². The van der Waals surface area contributed by atoms with Crippen molar-refractivity contribution in [2.45, 2.75) is 45.8 Å². The van der Waals surface area contributed by atoms with E-state index in [-0.39, 0.29) is 5.91 Å². The lowest BCUT2D eigenvalue weighted by molar-refractivity contribution is -0.113. The molecule has 0 atom stereocenters. The van der Waals surface area contributed by atoms with Gasteiger partial charge in [0.05, 0.1) is 5.75 Å². The van der Waals surface area contributed by atoms with Crippen molar-refractivity contribution < 1.29 is 4.79 Å². The van der Waals surface area contributed by atoms with Crippen molar-refractivity contribution in [1.29, 1.82) is 0 Å². The zero-order valence-corrected chi connectivity index (χ0v) is 17.6. The molecule has 5 nitrogen and oxygen atoms in total. The quantitative estimate of drug-likeness (QED) is 0.581. The zero-order valence-electron chi connectivity index (χ0n) is 16.8. The third-order valence-corrected chi connectivity index (χ3v) is 5.61. The number of nitrogens with one attached hydrogen (secondary N) is 1. The van der Waals surface area contributed by atoms with Crippen molar-refractivity contribution in [3.8, 4) is 11.4 Å². The van der Waals surface area contributed by atoms with E-state index in [1.807, 2.05) is 31.2 Å². The van der Waals surface area contributed by atoms with Crippen molar-refractivity contribution in [2.24, 2.45) is 0 Å². The standard InChI is InChI=1S/C22H26N4OS/c1-5-17-11-8-10-16(4)20(17)23-19(27)14-28-22-25-24-21(26(22)6-2)18-12-7-9-15(3)13-18/h7-13H,5-6,14H2,1-4H3,(H,23,27). The first-order chi connectivity index (χ1) is 13.5. The molecule has 0 saturated carbocycles. The molecule has 0 spiro atoms. The van der Waals surface area contributed by atoms with Gasteiger partial charge in [-0.15, -0.1) is 10.2 Å². The first kappa shape index (κ1) is 20.1. The Labute approximate surface area is 170 Å². The minimum atomic E-state index is -0.0308. The molecule has 0 unspecified atom stereocenters. The van der Waals surface area contributed by atoms with E-state index in [4.69, 9.17) is 0 Å². The maximum absolute atomic E-state index is 12.5. The van der Waals surface area contributed by atoms with Crippen molar-refractivity contribution in [3.05, 3.63) is 59.2 Å². The minimum absolute atomic E-state index is 0.0308. The van der Waals surface area contributed by atoms with Crippen LogP contribution in [0.5, 0.6) is 0 Å². The number of hydrogen-bond acceptors (Lipinski definition) is 4. The summed E-state index contributed by atoms with van der Waals surface area (Å²) in [5.74, 6) is 1.10. The van der Waals surface area contributed by atoms with Crippen LogP contribution in [0.4, 0.5) is 5.69 Å². The highest BCUT2D eigenvalue weighted by Crippen LogP contribution is 2.25. The number of benzene rings is 2. The molecule has 3 aromatic rings. The molecule has 1 N–H and O–H groups in total. The van der Waals surface area contributed by atoms with Crippen LogP contribution in [0.3, 0.4) is 0 Å². The Balaban J connectivity index is 1.72. The van der Waals surface area contributed by atoms with Crippen molar-refractivity contribution in [3.63, 3.8) is 0 Å². The number of amides is 1. The van der Waals surface area contributed by atoms with Gasteiger partial charge in [-0.05, 0) is 44.4 Å². The van der Waals surface area contributed by atoms with Gasteiger partial charge in [0.1, 0.15) is 0 Å². The Morgan fingerprint density at radius 1 is 1.11 bits per heavy atom. The van der Waals surface area contributed by atoms with Gasteiger partial charge in [0.2, 0.25) is 5.91 Å². The molecule has 1 aromatic heterocycles. The molecular weight excluding hydrogens is 368 g/mol. The van der Waals surface area contributed by atoms with Gasteiger partial charge in [0, 0.05) is 17.8 Å². The van der Waals surface area contributed by atoms with Crippen LogP contribution in [0.2, 0.25) is 0 Å². The van der Waals surface area contributed by atoms with Gasteiger partial charge < -0.3 is 9.88 Å². The molecule has 0 fully saturated rings. The van der Waals surface area contributed by atoms with E-state index in [2.05, 4.69) is 59.1 Å². The normalized spacial score (nSPS) is 10.9. The lowest BCUT2D eigenvalue weighted by Gasteiger charge is -2.13. The fraction of sp³-hybridized carbons (Fsp3) is 0.318. The minimum Gasteiger partial charge on any atom is -0.325 e. The summed E-state index contributed by atoms with van der Waals surface area (Å²) in [6.45, 7) is 8.98. The van der Waals surface area contributed by atoms with Crippen LogP contribution < -0.4 is 5.32 Å². The van der Waals surface area contributed by atoms with Gasteiger partial charge in [-0.1, -0.05) is 60.6 Å². The highest BCUT2D eigenvalue weighted by molar-refractivity contribution is 7.99. The molecule has 1 heterocycles. The molecule has 2 aromatic carbocycles. The van der Waals surface area contributed by atoms with Gasteiger partial charge in [-0.3, -0.25) is 4.79 Å². The SMILES string of the molecule is CCc1cccc(C)c1NC(=O)CSc1nnc(-c2cccc(C)c2)n1CC. The number of aromatic nitrogens is 3. The largest absolute Gasteiger partial charge is 0.325 e. The number of nitrogens with zero attached hydrogens (tertiary/aromatic N) is 3. The first-order valence-electron chi connectivity index (χ1n) is 9.54. The average molecular weight is 395 g/mol. The van der Waals surface area contributed by atoms with E-state index >= 15 is 0 Å². The Morgan fingerprint density at radius 2 is 1.89 bits per heavy atom. The van der Waals surface area contributed by atoms with Crippen LogP contribution in [0.1, 0.15) is 30.5 Å². The molecular formula is C22H26N4OS. The summed E-state index contributed by atoms with van der Waals surface area (Å²) in [7, 11) is 0. The Hall–Kier alpha value is -2.60. The molecule has 0 saturated heterocycles. The fourth-order valence-electron chi connectivity index (χ4n) is 3.19. The Morgan fingerprint density at radius 3 is 2.61 bits per heavy atom. The number of hydrogen-bond donors (Lipinski definition) is 1. The van der Waals surface area contributed by atoms with Crippen LogP contribution in [0.15, 0.2) is 47.6 Å². The number of thioether (sulfide) groups is 1. The van der Waals surface area contributed by atoms with Gasteiger partial charge in [0.15, 0.2) is 11.0 Å². The maximum Gasteiger partial charge on any atom is 0.234 e. The summed E-state index contributed by atoms with van der Waals surface area (Å²) in [5, 5.41) is 12.5. The summed E-state index contributed by atoms with van der Waals surface area (Å²) in [6, 6.07) is 14.3. The number of anilines is 1. The molecule has 6 heteroatoms. The molecule has 0 bridgehead atoms. The second-order valence-electron chi connectivity index (χ2n) is 6.72. The van der Waals surface area contributed by atoms with Gasteiger partial charge in [-0.2, -0.15) is 0 Å². The maximum atomic E-state index is 12.5. The third-order valence-electron chi connectivity index (χ3n) is 4.65. The van der Waals surface area contributed by atoms with E-state index < -0.39 is 0 Å². The number of para-hydroxylation sites is 1. The molecule has 3 rings (SSSR count). The lowest BCUT2D eigenvalue weighted by Crippen LogP contribution is -2.16. The van der Waals surface area contributed by atoms with Crippen LogP contribution in [0.25, 0.3) is 11.4 Å². The van der Waals surface area contributed by atoms with E-state index in [0.717, 1.165) is 46.3 Å². The van der Waals surface area contributed by atoms with E-state index in [0.29, 0.717) is 5.75 Å². The van der Waals surface area contributed by atoms with E-state index in [9.17, 15) is 4.79 Å². The molecule has 0 aliphatic rings. The van der Waals surface area contributed by atoms with Crippen LogP contribution in [0, 0.1) is 13.8 Å². The Kier molecular flexibility index (Phi) is 6.52. The molecule has 0 aliphatic carbocycles. The highest BCUT2D eigenvalue weighted by atomic mass is 32.2. The van der Waals surface area contributed by atoms with Crippen molar-refractivity contribution >= 4 is 23.4 Å². The average Bonchev–Trinajstić information content (AvgIpc) is 3.11. The molecule has 0 aliphatic heterocycles. The van der Waals surface area contributed by atoms with Crippen LogP contribution in [-0.4, -0.2) is 26.4 Å². The summed E-state index contributed by atoms with van der Waals surface area (Å²) < 4.78 is 2.05. The molecule has 0 radical (unpaired) electrons. The smallest absolute Gasteiger partial charge is 0.234 e. The van der Waals surface area contributed by atoms with Crippen LogP contribution >= 0.6 is 11.8 Å². The van der Waals surface area contributed by atoms with Gasteiger partial charge >= 0.3 is 0 Å². The molecule has 1 amide bonds. The number of carbonyl (C=O) groups is 1. The van der Waals surface area contributed by atoms with Crippen LogP contribution in [-0.2, 0) is 17.8 Å². The molecule has 28 heavy (non-hydrogen) atoms. The summed E-state index contributed by atoms with van der Waals surface area (Å²) in [5.41, 5.74) is 5.38.